The highest BCUT2D eigenvalue weighted by molar-refractivity contribution is 7.80. The van der Waals surface area contributed by atoms with Gasteiger partial charge in [-0.1, -0.05) is 0 Å². The van der Waals surface area contributed by atoms with Gasteiger partial charge in [-0.2, -0.15) is 5.10 Å². The maximum absolute atomic E-state index is 5.28. The number of nitrogens with two attached hydrogens (primary N) is 1. The quantitative estimate of drug-likeness (QED) is 0.456. The van der Waals surface area contributed by atoms with Crippen molar-refractivity contribution in [3.05, 3.63) is 23.8 Å². The first-order valence-corrected chi connectivity index (χ1v) is 5.07. The Kier molecular flexibility index (Phi) is 2.91. The summed E-state index contributed by atoms with van der Waals surface area (Å²) >= 11 is 4.66. The molecule has 2 rings (SSSR count). The lowest BCUT2D eigenvalue weighted by molar-refractivity contribution is 0.174. The van der Waals surface area contributed by atoms with Gasteiger partial charge in [0.05, 0.1) is 5.71 Å². The van der Waals surface area contributed by atoms with Gasteiger partial charge in [0.15, 0.2) is 16.6 Å². The predicted octanol–water partition coefficient (Wildman–Crippen LogP) is 0.973. The Morgan fingerprint density at radius 1 is 1.44 bits per heavy atom. The summed E-state index contributed by atoms with van der Waals surface area (Å²) in [6.07, 6.45) is 0. The van der Waals surface area contributed by atoms with E-state index in [1.807, 2.05) is 25.1 Å². The molecule has 1 aliphatic heterocycles. The number of ether oxygens (including phenoxy) is 2. The standard InChI is InChI=1S/C10H11N3O2S/c1-6(12-13-10(11)16)7-2-3-8-9(4-7)15-5-14-8/h2-4H,5H2,1H3,(H3,11,13,16)/b12-6-. The summed E-state index contributed by atoms with van der Waals surface area (Å²) in [7, 11) is 0. The van der Waals surface area contributed by atoms with E-state index in [0.717, 1.165) is 22.8 Å². The Morgan fingerprint density at radius 2 is 2.19 bits per heavy atom. The fourth-order valence-electron chi connectivity index (χ4n) is 1.33. The van der Waals surface area contributed by atoms with Crippen LogP contribution in [0.1, 0.15) is 12.5 Å². The van der Waals surface area contributed by atoms with Gasteiger partial charge in [0.2, 0.25) is 6.79 Å². The first-order valence-electron chi connectivity index (χ1n) is 4.66. The zero-order chi connectivity index (χ0) is 11.5. The third-order valence-corrected chi connectivity index (χ3v) is 2.22. The van der Waals surface area contributed by atoms with Gasteiger partial charge in [-0.25, -0.2) is 0 Å². The van der Waals surface area contributed by atoms with Gasteiger partial charge in [-0.05, 0) is 37.3 Å². The maximum Gasteiger partial charge on any atom is 0.231 e. The molecule has 0 bridgehead atoms. The van der Waals surface area contributed by atoms with Gasteiger partial charge < -0.3 is 15.2 Å². The van der Waals surface area contributed by atoms with Crippen LogP contribution in [0.15, 0.2) is 23.3 Å². The minimum absolute atomic E-state index is 0.139. The number of rotatable bonds is 2. The zero-order valence-electron chi connectivity index (χ0n) is 8.69. The molecule has 0 fully saturated rings. The normalized spacial score (nSPS) is 13.7. The fraction of sp³-hybridized carbons (Fsp3) is 0.200. The number of thiocarbonyl (C=S) groups is 1. The molecule has 1 aromatic rings. The van der Waals surface area contributed by atoms with Crippen LogP contribution in [0.3, 0.4) is 0 Å². The van der Waals surface area contributed by atoms with Crippen molar-refractivity contribution >= 4 is 23.0 Å². The van der Waals surface area contributed by atoms with Crippen LogP contribution in [0.5, 0.6) is 11.5 Å². The van der Waals surface area contributed by atoms with Gasteiger partial charge in [0.1, 0.15) is 0 Å². The summed E-state index contributed by atoms with van der Waals surface area (Å²) < 4.78 is 10.5. The molecule has 16 heavy (non-hydrogen) atoms. The van der Waals surface area contributed by atoms with E-state index in [0.29, 0.717) is 0 Å². The molecule has 1 aliphatic rings. The van der Waals surface area contributed by atoms with Crippen molar-refractivity contribution in [2.75, 3.05) is 6.79 Å². The largest absolute Gasteiger partial charge is 0.454 e. The highest BCUT2D eigenvalue weighted by Gasteiger charge is 2.13. The minimum atomic E-state index is 0.139. The third-order valence-electron chi connectivity index (χ3n) is 2.12. The predicted molar refractivity (Wildman–Crippen MR) is 64.7 cm³/mol. The van der Waals surface area contributed by atoms with Crippen molar-refractivity contribution in [1.29, 1.82) is 0 Å². The molecule has 0 aliphatic carbocycles. The molecule has 1 aromatic carbocycles. The van der Waals surface area contributed by atoms with E-state index in [9.17, 15) is 0 Å². The Balaban J connectivity index is 2.21. The van der Waals surface area contributed by atoms with Gasteiger partial charge in [0, 0.05) is 5.56 Å². The number of benzene rings is 1. The van der Waals surface area contributed by atoms with Crippen LogP contribution in [0.2, 0.25) is 0 Å². The first-order chi connectivity index (χ1) is 7.66. The monoisotopic (exact) mass is 237 g/mol. The second-order valence-corrected chi connectivity index (χ2v) is 3.68. The maximum atomic E-state index is 5.28. The van der Waals surface area contributed by atoms with E-state index in [4.69, 9.17) is 15.2 Å². The van der Waals surface area contributed by atoms with Gasteiger partial charge in [-0.15, -0.1) is 0 Å². The molecule has 6 heteroatoms. The molecule has 3 N–H and O–H groups in total. The van der Waals surface area contributed by atoms with Crippen LogP contribution in [-0.4, -0.2) is 17.6 Å². The topological polar surface area (TPSA) is 68.9 Å². The number of hydrazone groups is 1. The SMILES string of the molecule is C/C(=N/NC(N)=S)c1ccc2c(c1)OCO2. The molecule has 1 heterocycles. The molecule has 0 saturated heterocycles. The minimum Gasteiger partial charge on any atom is -0.454 e. The van der Waals surface area contributed by atoms with E-state index >= 15 is 0 Å². The molecule has 0 amide bonds. The molecule has 0 spiro atoms. The molecule has 84 valence electrons. The Labute approximate surface area is 98.2 Å². The lowest BCUT2D eigenvalue weighted by Crippen LogP contribution is -2.25. The molecule has 5 nitrogen and oxygen atoms in total. The van der Waals surface area contributed by atoms with Crippen molar-refractivity contribution in [1.82, 2.24) is 5.43 Å². The lowest BCUT2D eigenvalue weighted by Gasteiger charge is -2.03. The molecular weight excluding hydrogens is 226 g/mol. The van der Waals surface area contributed by atoms with E-state index in [-0.39, 0.29) is 11.9 Å². The third kappa shape index (κ3) is 2.22. The number of nitrogens with one attached hydrogen (secondary N) is 1. The Bertz CT molecular complexity index is 459. The smallest absolute Gasteiger partial charge is 0.231 e. The van der Waals surface area contributed by atoms with E-state index in [1.54, 1.807) is 0 Å². The zero-order valence-corrected chi connectivity index (χ0v) is 9.50. The summed E-state index contributed by atoms with van der Waals surface area (Å²) in [6.45, 7) is 2.11. The summed E-state index contributed by atoms with van der Waals surface area (Å²) in [6, 6.07) is 5.60. The lowest BCUT2D eigenvalue weighted by atomic mass is 10.1. The molecule has 0 aromatic heterocycles. The average molecular weight is 237 g/mol. The fourth-order valence-corrected chi connectivity index (χ4v) is 1.37. The molecular formula is C10H11N3O2S. The molecule has 0 atom stereocenters. The summed E-state index contributed by atoms with van der Waals surface area (Å²) in [5.41, 5.74) is 9.51. The average Bonchev–Trinajstić information content (AvgIpc) is 2.72. The van der Waals surface area contributed by atoms with Crippen LogP contribution in [-0.2, 0) is 0 Å². The Hall–Kier alpha value is -1.82. The highest BCUT2D eigenvalue weighted by atomic mass is 32.1. The van der Waals surface area contributed by atoms with Gasteiger partial charge in [-0.3, -0.25) is 5.43 Å². The van der Waals surface area contributed by atoms with Crippen LogP contribution in [0.25, 0.3) is 0 Å². The summed E-state index contributed by atoms with van der Waals surface area (Å²) in [5, 5.41) is 4.16. The van der Waals surface area contributed by atoms with Crippen LogP contribution >= 0.6 is 12.2 Å². The van der Waals surface area contributed by atoms with Crippen LogP contribution in [0.4, 0.5) is 0 Å². The second-order valence-electron chi connectivity index (χ2n) is 3.24. The van der Waals surface area contributed by atoms with Crippen molar-refractivity contribution in [2.24, 2.45) is 10.8 Å². The molecule has 0 saturated carbocycles. The number of hydrogen-bond donors (Lipinski definition) is 2. The van der Waals surface area contributed by atoms with Gasteiger partial charge in [0.25, 0.3) is 0 Å². The summed E-state index contributed by atoms with van der Waals surface area (Å²) in [5.74, 6) is 1.47. The van der Waals surface area contributed by atoms with Crippen LogP contribution in [0, 0.1) is 0 Å². The van der Waals surface area contributed by atoms with Crippen molar-refractivity contribution < 1.29 is 9.47 Å². The van der Waals surface area contributed by atoms with E-state index in [1.165, 1.54) is 0 Å². The van der Waals surface area contributed by atoms with Gasteiger partial charge >= 0.3 is 0 Å². The highest BCUT2D eigenvalue weighted by Crippen LogP contribution is 2.32. The first kappa shape index (κ1) is 10.7. The molecule has 0 unspecified atom stereocenters. The van der Waals surface area contributed by atoms with Crippen molar-refractivity contribution in [3.8, 4) is 11.5 Å². The van der Waals surface area contributed by atoms with Crippen LogP contribution < -0.4 is 20.6 Å². The molecule has 0 radical (unpaired) electrons. The van der Waals surface area contributed by atoms with Crippen molar-refractivity contribution in [2.45, 2.75) is 6.92 Å². The Morgan fingerprint density at radius 3 is 2.94 bits per heavy atom. The second kappa shape index (κ2) is 4.36. The summed E-state index contributed by atoms with van der Waals surface area (Å²) in [4.78, 5) is 0. The van der Waals surface area contributed by atoms with Crippen molar-refractivity contribution in [3.63, 3.8) is 0 Å². The number of fused-ring (bicyclic) bond motifs is 1. The number of hydrogen-bond acceptors (Lipinski definition) is 4. The van der Waals surface area contributed by atoms with E-state index < -0.39 is 0 Å². The number of nitrogens with zero attached hydrogens (tertiary/aromatic N) is 1. The van der Waals surface area contributed by atoms with E-state index in [2.05, 4.69) is 22.7 Å².